The van der Waals surface area contributed by atoms with E-state index in [1.54, 1.807) is 25.3 Å². The van der Waals surface area contributed by atoms with E-state index in [2.05, 4.69) is 11.2 Å². The van der Waals surface area contributed by atoms with Gasteiger partial charge in [-0.15, -0.1) is 0 Å². The van der Waals surface area contributed by atoms with Crippen LogP contribution >= 0.6 is 0 Å². The summed E-state index contributed by atoms with van der Waals surface area (Å²) in [6, 6.07) is 14.9. The van der Waals surface area contributed by atoms with Crippen LogP contribution < -0.4 is 4.74 Å². The Labute approximate surface area is 132 Å². The number of aromatic carboxylic acids is 1. The fourth-order valence-electron chi connectivity index (χ4n) is 2.86. The van der Waals surface area contributed by atoms with Gasteiger partial charge in [0.1, 0.15) is 5.75 Å². The summed E-state index contributed by atoms with van der Waals surface area (Å²) >= 11 is 0. The van der Waals surface area contributed by atoms with Gasteiger partial charge in [0.2, 0.25) is 0 Å². The first-order chi connectivity index (χ1) is 11.2. The summed E-state index contributed by atoms with van der Waals surface area (Å²) in [5.74, 6) is -0.109. The summed E-state index contributed by atoms with van der Waals surface area (Å²) in [6.07, 6.45) is 1.96. The Bertz CT molecular complexity index is 997. The Hall–Kier alpha value is -3.21. The van der Waals surface area contributed by atoms with Crippen molar-refractivity contribution < 1.29 is 14.6 Å². The van der Waals surface area contributed by atoms with Crippen molar-refractivity contribution in [3.8, 4) is 22.7 Å². The lowest BCUT2D eigenvalue weighted by atomic mass is 10.2. The second-order valence-electron chi connectivity index (χ2n) is 5.39. The van der Waals surface area contributed by atoms with Crippen LogP contribution in [-0.2, 0) is 0 Å². The number of carboxylic acids is 1. The molecule has 23 heavy (non-hydrogen) atoms. The van der Waals surface area contributed by atoms with Gasteiger partial charge in [-0.2, -0.15) is 0 Å². The van der Waals surface area contributed by atoms with Crippen LogP contribution in [0.25, 0.3) is 27.7 Å². The first-order valence-electron chi connectivity index (χ1n) is 7.17. The molecule has 0 aromatic heterocycles. The molecule has 1 aliphatic heterocycles. The molecule has 0 saturated carbocycles. The van der Waals surface area contributed by atoms with Crippen LogP contribution in [0, 0.1) is 0 Å². The van der Waals surface area contributed by atoms with Crippen LogP contribution in [-0.4, -0.2) is 28.0 Å². The zero-order valence-electron chi connectivity index (χ0n) is 12.4. The molecule has 5 heteroatoms. The van der Waals surface area contributed by atoms with Gasteiger partial charge in [0.15, 0.2) is 0 Å². The first-order valence-corrected chi connectivity index (χ1v) is 7.17. The Kier molecular flexibility index (Phi) is 2.87. The lowest BCUT2D eigenvalue weighted by Gasteiger charge is -2.04. The van der Waals surface area contributed by atoms with Gasteiger partial charge in [-0.25, -0.2) is 4.79 Å². The topological polar surface area (TPSA) is 67.2 Å². The molecule has 2 aromatic carbocycles. The van der Waals surface area contributed by atoms with Crippen LogP contribution in [0.15, 0.2) is 54.7 Å². The number of rotatable bonds is 3. The minimum absolute atomic E-state index is 0.263. The summed E-state index contributed by atoms with van der Waals surface area (Å²) in [5.41, 5.74) is 3.12. The number of nitrogens with one attached hydrogen (secondary N) is 1. The molecule has 0 bridgehead atoms. The Balaban J connectivity index is 1.85. The number of carbonyl (C=O) groups is 1. The second kappa shape index (κ2) is 4.91. The highest BCUT2D eigenvalue weighted by molar-refractivity contribution is 6.01. The molecule has 0 amide bonds. The molecule has 5 nitrogen and oxygen atoms in total. The van der Waals surface area contributed by atoms with E-state index in [0.717, 1.165) is 33.5 Å². The molecule has 2 aromatic rings. The third-order valence-corrected chi connectivity index (χ3v) is 4.00. The molecule has 2 aliphatic rings. The maximum atomic E-state index is 11.1. The van der Waals surface area contributed by atoms with E-state index in [9.17, 15) is 4.79 Å². The van der Waals surface area contributed by atoms with Gasteiger partial charge in [-0.1, -0.05) is 6.07 Å². The van der Waals surface area contributed by atoms with Gasteiger partial charge >= 0.3 is 5.97 Å². The standard InChI is InChI=1S/C18H14N2O3/c1-23-15-5-6-16-12(9-15)7-13-10-20(19-17(13)16)14-4-2-3-11(8-14)18(21)22/h2-10,19H,1H3,(H,21,22). The van der Waals surface area contributed by atoms with Crippen molar-refractivity contribution in [2.45, 2.75) is 0 Å². The number of hydrogen-bond donors (Lipinski definition) is 2. The number of benzene rings is 2. The molecule has 114 valence electrons. The van der Waals surface area contributed by atoms with Gasteiger partial charge in [0, 0.05) is 17.1 Å². The lowest BCUT2D eigenvalue weighted by Crippen LogP contribution is -2.00. The molecule has 0 atom stereocenters. The minimum Gasteiger partial charge on any atom is -0.497 e. The van der Waals surface area contributed by atoms with Crippen molar-refractivity contribution in [2.24, 2.45) is 0 Å². The molecule has 0 fully saturated rings. The fraction of sp³-hybridized carbons (Fsp3) is 0.0556. The molecular weight excluding hydrogens is 292 g/mol. The van der Waals surface area contributed by atoms with Crippen LogP contribution in [0.5, 0.6) is 5.75 Å². The first kappa shape index (κ1) is 13.5. The van der Waals surface area contributed by atoms with Crippen molar-refractivity contribution >= 4 is 16.7 Å². The quantitative estimate of drug-likeness (QED) is 0.605. The number of carboxylic acid groups (broad SMARTS) is 1. The number of aromatic amines is 1. The Morgan fingerprint density at radius 1 is 1.17 bits per heavy atom. The van der Waals surface area contributed by atoms with Crippen LogP contribution in [0.2, 0.25) is 0 Å². The van der Waals surface area contributed by atoms with Crippen molar-refractivity contribution in [3.63, 3.8) is 0 Å². The second-order valence-corrected chi connectivity index (χ2v) is 5.39. The number of aromatic nitrogens is 2. The van der Waals surface area contributed by atoms with E-state index in [-0.39, 0.29) is 5.56 Å². The molecule has 0 unspecified atom stereocenters. The fourth-order valence-corrected chi connectivity index (χ4v) is 2.86. The van der Waals surface area contributed by atoms with E-state index in [1.807, 2.05) is 35.1 Å². The molecular formula is C18H14N2O3. The molecule has 0 saturated heterocycles. The summed E-state index contributed by atoms with van der Waals surface area (Å²) in [7, 11) is 1.65. The van der Waals surface area contributed by atoms with Crippen molar-refractivity contribution in [1.82, 2.24) is 9.78 Å². The number of hydrogen-bond acceptors (Lipinski definition) is 2. The van der Waals surface area contributed by atoms with E-state index < -0.39 is 5.97 Å². The maximum Gasteiger partial charge on any atom is 0.335 e. The molecule has 1 aliphatic carbocycles. The molecule has 2 N–H and O–H groups in total. The smallest absolute Gasteiger partial charge is 0.335 e. The summed E-state index contributed by atoms with van der Waals surface area (Å²) in [5, 5.41) is 14.7. The zero-order chi connectivity index (χ0) is 16.0. The van der Waals surface area contributed by atoms with Gasteiger partial charge in [-0.05, 0) is 47.9 Å². The number of ether oxygens (including phenoxy) is 1. The molecule has 1 heterocycles. The SMILES string of the molecule is COc1ccc2c3[nH]n(-c4cccc(C(=O)O)c4)cc-3cc2c1. The van der Waals surface area contributed by atoms with E-state index >= 15 is 0 Å². The predicted octanol–water partition coefficient (Wildman–Crippen LogP) is 3.77. The number of H-pyrrole nitrogens is 1. The average molecular weight is 306 g/mol. The van der Waals surface area contributed by atoms with Crippen molar-refractivity contribution in [3.05, 3.63) is 60.3 Å². The Morgan fingerprint density at radius 2 is 2.04 bits per heavy atom. The highest BCUT2D eigenvalue weighted by atomic mass is 16.5. The van der Waals surface area contributed by atoms with Crippen molar-refractivity contribution in [2.75, 3.05) is 7.11 Å². The van der Waals surface area contributed by atoms with Crippen molar-refractivity contribution in [1.29, 1.82) is 0 Å². The summed E-state index contributed by atoms with van der Waals surface area (Å²) in [6.45, 7) is 0. The number of methoxy groups -OCH3 is 1. The number of nitrogens with zero attached hydrogens (tertiary/aromatic N) is 1. The van der Waals surface area contributed by atoms with Crippen LogP contribution in [0.4, 0.5) is 0 Å². The van der Waals surface area contributed by atoms with E-state index in [1.165, 1.54) is 0 Å². The largest absolute Gasteiger partial charge is 0.497 e. The number of fused-ring (bicyclic) bond motifs is 3. The van der Waals surface area contributed by atoms with Gasteiger partial charge in [0.25, 0.3) is 0 Å². The van der Waals surface area contributed by atoms with Gasteiger partial charge in [0.05, 0.1) is 24.1 Å². The summed E-state index contributed by atoms with van der Waals surface area (Å²) in [4.78, 5) is 11.1. The Morgan fingerprint density at radius 3 is 2.83 bits per heavy atom. The monoisotopic (exact) mass is 306 g/mol. The van der Waals surface area contributed by atoms with Gasteiger partial charge < -0.3 is 9.84 Å². The predicted molar refractivity (Wildman–Crippen MR) is 87.8 cm³/mol. The normalized spacial score (nSPS) is 11.2. The minimum atomic E-state index is -0.935. The van der Waals surface area contributed by atoms with Crippen LogP contribution in [0.1, 0.15) is 10.4 Å². The average Bonchev–Trinajstić information content (AvgIpc) is 3.11. The highest BCUT2D eigenvalue weighted by Gasteiger charge is 2.15. The van der Waals surface area contributed by atoms with E-state index in [0.29, 0.717) is 0 Å². The third-order valence-electron chi connectivity index (χ3n) is 4.00. The molecule has 0 radical (unpaired) electrons. The highest BCUT2D eigenvalue weighted by Crippen LogP contribution is 2.35. The van der Waals surface area contributed by atoms with Crippen LogP contribution in [0.3, 0.4) is 0 Å². The summed E-state index contributed by atoms with van der Waals surface area (Å²) < 4.78 is 7.09. The molecule has 0 spiro atoms. The third kappa shape index (κ3) is 2.14. The lowest BCUT2D eigenvalue weighted by molar-refractivity contribution is 0.0697. The molecule has 4 rings (SSSR count). The maximum absolute atomic E-state index is 11.1. The van der Waals surface area contributed by atoms with E-state index in [4.69, 9.17) is 9.84 Å². The van der Waals surface area contributed by atoms with Gasteiger partial charge in [-0.3, -0.25) is 9.78 Å². The zero-order valence-corrected chi connectivity index (χ0v) is 12.4.